The highest BCUT2D eigenvalue weighted by molar-refractivity contribution is 5.93. The molecule has 3 rings (SSSR count). The number of nitrogens with zero attached hydrogens (tertiary/aromatic N) is 2. The van der Waals surface area contributed by atoms with Crippen molar-refractivity contribution in [3.05, 3.63) is 23.8 Å². The van der Waals surface area contributed by atoms with Crippen LogP contribution in [0.4, 0.5) is 11.4 Å². The molecule has 31 heavy (non-hydrogen) atoms. The number of anilines is 2. The Morgan fingerprint density at radius 3 is 2.42 bits per heavy atom. The second-order valence-corrected chi connectivity index (χ2v) is 10.5. The molecular formula is C25H39N3O3. The molecule has 1 aliphatic heterocycles. The smallest absolute Gasteiger partial charge is 0.227 e. The second kappa shape index (κ2) is 10.0. The first-order valence-corrected chi connectivity index (χ1v) is 11.6. The van der Waals surface area contributed by atoms with Gasteiger partial charge in [-0.25, -0.2) is 0 Å². The van der Waals surface area contributed by atoms with Crippen molar-refractivity contribution in [1.82, 2.24) is 4.90 Å². The summed E-state index contributed by atoms with van der Waals surface area (Å²) in [6, 6.07) is 6.01. The van der Waals surface area contributed by atoms with E-state index in [1.54, 1.807) is 0 Å². The number of hydrogen-bond acceptors (Lipinski definition) is 4. The lowest BCUT2D eigenvalue weighted by molar-refractivity contribution is -0.135. The van der Waals surface area contributed by atoms with Crippen LogP contribution in [-0.4, -0.2) is 50.1 Å². The molecule has 1 aromatic rings. The number of amides is 2. The number of carbonyl (C=O) groups is 2. The number of nitrogens with one attached hydrogen (secondary N) is 1. The maximum absolute atomic E-state index is 13.2. The van der Waals surface area contributed by atoms with Gasteiger partial charge in [-0.05, 0) is 54.9 Å². The van der Waals surface area contributed by atoms with Crippen molar-refractivity contribution >= 4 is 23.2 Å². The first-order valence-electron chi connectivity index (χ1n) is 11.6. The quantitative estimate of drug-likeness (QED) is 0.664. The van der Waals surface area contributed by atoms with Gasteiger partial charge in [0.15, 0.2) is 0 Å². The highest BCUT2D eigenvalue weighted by Gasteiger charge is 2.28. The van der Waals surface area contributed by atoms with Crippen molar-refractivity contribution in [1.29, 1.82) is 0 Å². The van der Waals surface area contributed by atoms with Gasteiger partial charge in [0.2, 0.25) is 11.8 Å². The third kappa shape index (κ3) is 6.70. The first kappa shape index (κ1) is 23.6. The molecule has 1 saturated heterocycles. The van der Waals surface area contributed by atoms with Crippen molar-refractivity contribution in [2.24, 2.45) is 11.3 Å². The van der Waals surface area contributed by atoms with Gasteiger partial charge in [-0.3, -0.25) is 9.59 Å². The van der Waals surface area contributed by atoms with Gasteiger partial charge in [0.25, 0.3) is 0 Å². The predicted molar refractivity (Wildman–Crippen MR) is 125 cm³/mol. The Balaban J connectivity index is 1.81. The lowest BCUT2D eigenvalue weighted by atomic mass is 9.85. The molecular weight excluding hydrogens is 390 g/mol. The van der Waals surface area contributed by atoms with E-state index in [9.17, 15) is 9.59 Å². The zero-order chi connectivity index (χ0) is 22.6. The van der Waals surface area contributed by atoms with E-state index in [0.717, 1.165) is 55.6 Å². The van der Waals surface area contributed by atoms with E-state index in [1.807, 2.05) is 37.2 Å². The SMILES string of the molecule is CN(C)c1ccc(NC(=O)C2CCC2)cc1CN(CC1CCCO1)C(=O)CC(C)(C)C. The van der Waals surface area contributed by atoms with Crippen molar-refractivity contribution in [3.8, 4) is 0 Å². The van der Waals surface area contributed by atoms with Gasteiger partial charge < -0.3 is 19.9 Å². The maximum Gasteiger partial charge on any atom is 0.227 e. The number of benzene rings is 1. The molecule has 2 fully saturated rings. The molecule has 6 heteroatoms. The zero-order valence-corrected chi connectivity index (χ0v) is 19.9. The largest absolute Gasteiger partial charge is 0.377 e. The van der Waals surface area contributed by atoms with E-state index in [-0.39, 0.29) is 29.3 Å². The molecule has 1 atom stereocenters. The average molecular weight is 430 g/mol. The molecule has 1 aromatic carbocycles. The van der Waals surface area contributed by atoms with Gasteiger partial charge in [0.1, 0.15) is 0 Å². The molecule has 1 unspecified atom stereocenters. The lowest BCUT2D eigenvalue weighted by Gasteiger charge is -2.30. The molecule has 1 saturated carbocycles. The lowest BCUT2D eigenvalue weighted by Crippen LogP contribution is -2.38. The van der Waals surface area contributed by atoms with Gasteiger partial charge in [0, 0.05) is 57.5 Å². The maximum atomic E-state index is 13.2. The van der Waals surface area contributed by atoms with Crippen LogP contribution in [0, 0.1) is 11.3 Å². The molecule has 172 valence electrons. The standard InChI is InChI=1S/C25H39N3O3/c1-25(2,3)15-23(29)28(17-21-10-7-13-31-21)16-19-14-20(11-12-22(19)27(4)5)26-24(30)18-8-6-9-18/h11-12,14,18,21H,6-10,13,15-17H2,1-5H3,(H,26,30). The summed E-state index contributed by atoms with van der Waals surface area (Å²) in [5.74, 6) is 0.396. The van der Waals surface area contributed by atoms with E-state index < -0.39 is 0 Å². The zero-order valence-electron chi connectivity index (χ0n) is 19.9. The number of carbonyl (C=O) groups excluding carboxylic acids is 2. The summed E-state index contributed by atoms with van der Waals surface area (Å²) in [7, 11) is 4.01. The van der Waals surface area contributed by atoms with Crippen LogP contribution in [0.1, 0.15) is 64.9 Å². The molecule has 6 nitrogen and oxygen atoms in total. The molecule has 0 spiro atoms. The monoisotopic (exact) mass is 429 g/mol. The van der Waals surface area contributed by atoms with Gasteiger partial charge in [-0.2, -0.15) is 0 Å². The summed E-state index contributed by atoms with van der Waals surface area (Å²) in [6.07, 6.45) is 5.74. The molecule has 1 heterocycles. The van der Waals surface area contributed by atoms with E-state index in [1.165, 1.54) is 0 Å². The van der Waals surface area contributed by atoms with Crippen LogP contribution in [0.2, 0.25) is 0 Å². The minimum absolute atomic E-state index is 0.0746. The summed E-state index contributed by atoms with van der Waals surface area (Å²) in [6.45, 7) is 8.18. The Hall–Kier alpha value is -2.08. The van der Waals surface area contributed by atoms with Gasteiger partial charge in [0.05, 0.1) is 6.10 Å². The highest BCUT2D eigenvalue weighted by atomic mass is 16.5. The molecule has 2 aliphatic rings. The van der Waals surface area contributed by atoms with Crippen LogP contribution in [0.25, 0.3) is 0 Å². The first-order chi connectivity index (χ1) is 14.6. The summed E-state index contributed by atoms with van der Waals surface area (Å²) in [5, 5.41) is 3.08. The molecule has 2 amide bonds. The molecule has 0 bridgehead atoms. The Labute approximate surface area is 187 Å². The topological polar surface area (TPSA) is 61.9 Å². The fourth-order valence-electron chi connectivity index (χ4n) is 4.20. The van der Waals surface area contributed by atoms with Crippen LogP contribution in [0.5, 0.6) is 0 Å². The van der Waals surface area contributed by atoms with E-state index in [0.29, 0.717) is 19.5 Å². The van der Waals surface area contributed by atoms with Crippen LogP contribution < -0.4 is 10.2 Å². The Kier molecular flexibility index (Phi) is 7.63. The van der Waals surface area contributed by atoms with Crippen molar-refractivity contribution in [2.45, 2.75) is 71.9 Å². The molecule has 0 aromatic heterocycles. The second-order valence-electron chi connectivity index (χ2n) is 10.5. The van der Waals surface area contributed by atoms with Crippen LogP contribution in [0.15, 0.2) is 18.2 Å². The van der Waals surface area contributed by atoms with E-state index in [4.69, 9.17) is 4.74 Å². The molecule has 1 N–H and O–H groups in total. The number of rotatable bonds is 8. The fraction of sp³-hybridized carbons (Fsp3) is 0.680. The minimum Gasteiger partial charge on any atom is -0.377 e. The van der Waals surface area contributed by atoms with Crippen LogP contribution in [-0.2, 0) is 20.9 Å². The highest BCUT2D eigenvalue weighted by Crippen LogP contribution is 2.30. The summed E-state index contributed by atoms with van der Waals surface area (Å²) in [4.78, 5) is 29.7. The van der Waals surface area contributed by atoms with Crippen molar-refractivity contribution < 1.29 is 14.3 Å². The van der Waals surface area contributed by atoms with Crippen LogP contribution >= 0.6 is 0 Å². The van der Waals surface area contributed by atoms with Crippen molar-refractivity contribution in [2.75, 3.05) is 37.5 Å². The third-order valence-electron chi connectivity index (χ3n) is 6.15. The van der Waals surface area contributed by atoms with Gasteiger partial charge in [-0.15, -0.1) is 0 Å². The number of hydrogen-bond donors (Lipinski definition) is 1. The summed E-state index contributed by atoms with van der Waals surface area (Å²) in [5.41, 5.74) is 2.83. The Morgan fingerprint density at radius 1 is 1.13 bits per heavy atom. The fourth-order valence-corrected chi connectivity index (χ4v) is 4.20. The summed E-state index contributed by atoms with van der Waals surface area (Å²) >= 11 is 0. The van der Waals surface area contributed by atoms with Crippen LogP contribution in [0.3, 0.4) is 0 Å². The van der Waals surface area contributed by atoms with E-state index in [2.05, 4.69) is 31.0 Å². The van der Waals surface area contributed by atoms with Gasteiger partial charge >= 0.3 is 0 Å². The van der Waals surface area contributed by atoms with E-state index >= 15 is 0 Å². The Morgan fingerprint density at radius 2 is 1.87 bits per heavy atom. The predicted octanol–water partition coefficient (Wildman–Crippen LogP) is 4.44. The molecule has 0 radical (unpaired) electrons. The average Bonchev–Trinajstić information content (AvgIpc) is 3.11. The van der Waals surface area contributed by atoms with Crippen molar-refractivity contribution in [3.63, 3.8) is 0 Å². The normalized spacial score (nSPS) is 19.1. The minimum atomic E-state index is -0.0746. The number of ether oxygens (including phenoxy) is 1. The Bertz CT molecular complexity index is 775. The molecule has 1 aliphatic carbocycles. The summed E-state index contributed by atoms with van der Waals surface area (Å²) < 4.78 is 5.84. The van der Waals surface area contributed by atoms with Gasteiger partial charge in [-0.1, -0.05) is 27.2 Å². The third-order valence-corrected chi connectivity index (χ3v) is 6.15.